The van der Waals surface area contributed by atoms with Crippen molar-refractivity contribution in [3.63, 3.8) is 0 Å². The Balaban J connectivity index is 2.05. The number of sulfonamides is 1. The van der Waals surface area contributed by atoms with Crippen LogP contribution in [-0.4, -0.2) is 84.6 Å². The number of nitrogens with two attached hydrogens (primary N) is 1. The van der Waals surface area contributed by atoms with E-state index >= 15 is 0 Å². The van der Waals surface area contributed by atoms with Gasteiger partial charge in [-0.05, 0) is 54.5 Å². The van der Waals surface area contributed by atoms with Crippen molar-refractivity contribution in [2.24, 2.45) is 11.8 Å². The number of nitrogen functional groups attached to an aromatic ring is 1. The molecule has 40 heavy (non-hydrogen) atoms. The van der Waals surface area contributed by atoms with Crippen molar-refractivity contribution in [3.8, 4) is 0 Å². The summed E-state index contributed by atoms with van der Waals surface area (Å²) in [6, 6.07) is 12.7. The Bertz CT molecular complexity index is 1350. The zero-order valence-electron chi connectivity index (χ0n) is 23.4. The van der Waals surface area contributed by atoms with Gasteiger partial charge in [0.25, 0.3) is 0 Å². The molecule has 10 nitrogen and oxygen atoms in total. The summed E-state index contributed by atoms with van der Waals surface area (Å²) < 4.78 is 54.3. The molecule has 2 aromatic rings. The zero-order valence-corrected chi connectivity index (χ0v) is 25.1. The number of carboxylic acid groups (broad SMARTS) is 1. The number of hydrogen-bond donors (Lipinski definition) is 3. The Morgan fingerprint density at radius 2 is 1.62 bits per heavy atom. The maximum Gasteiger partial charge on any atom is 0.407 e. The lowest BCUT2D eigenvalue weighted by atomic mass is 9.94. The number of aliphatic hydroxyl groups excluding tert-OH is 1. The van der Waals surface area contributed by atoms with Crippen molar-refractivity contribution >= 4 is 31.6 Å². The predicted molar refractivity (Wildman–Crippen MR) is 155 cm³/mol. The first-order valence-corrected chi connectivity index (χ1v) is 16.6. The van der Waals surface area contributed by atoms with Crippen LogP contribution in [0.1, 0.15) is 39.7 Å². The highest BCUT2D eigenvalue weighted by molar-refractivity contribution is 7.92. The lowest BCUT2D eigenvalue weighted by molar-refractivity contribution is 0.0166. The molecule has 4 atom stereocenters. The van der Waals surface area contributed by atoms with Gasteiger partial charge in [-0.25, -0.2) is 21.6 Å². The van der Waals surface area contributed by atoms with Gasteiger partial charge in [-0.2, -0.15) is 4.31 Å². The van der Waals surface area contributed by atoms with Gasteiger partial charge in [0.15, 0.2) is 9.84 Å². The molecule has 3 rings (SSSR count). The molecule has 0 aromatic heterocycles. The van der Waals surface area contributed by atoms with Crippen molar-refractivity contribution in [1.82, 2.24) is 9.21 Å². The predicted octanol–water partition coefficient (Wildman–Crippen LogP) is 3.08. The molecular weight excluding hydrogens is 554 g/mol. The first kappa shape index (κ1) is 31.9. The molecule has 12 heteroatoms. The van der Waals surface area contributed by atoms with Crippen molar-refractivity contribution in [1.29, 1.82) is 0 Å². The molecule has 2 aromatic carbocycles. The molecule has 1 saturated heterocycles. The number of rotatable bonds is 12. The number of nitrogens with zero attached hydrogens (tertiary/aromatic N) is 2. The molecule has 0 bridgehead atoms. The number of hydrogen-bond acceptors (Lipinski definition) is 7. The normalized spacial score (nSPS) is 20.6. The maximum atomic E-state index is 13.6. The Morgan fingerprint density at radius 1 is 1.02 bits per heavy atom. The molecular formula is C28H41N3O7S2. The Kier molecular flexibility index (Phi) is 10.3. The fourth-order valence-corrected chi connectivity index (χ4v) is 9.62. The van der Waals surface area contributed by atoms with Crippen molar-refractivity contribution < 1.29 is 31.8 Å². The minimum Gasteiger partial charge on any atom is -0.465 e. The smallest absolute Gasteiger partial charge is 0.407 e. The van der Waals surface area contributed by atoms with Crippen molar-refractivity contribution in [3.05, 3.63) is 60.2 Å². The van der Waals surface area contributed by atoms with E-state index in [9.17, 15) is 31.8 Å². The Morgan fingerprint density at radius 3 is 2.15 bits per heavy atom. The molecule has 0 unspecified atom stereocenters. The van der Waals surface area contributed by atoms with E-state index < -0.39 is 49.4 Å². The second-order valence-electron chi connectivity index (χ2n) is 11.2. The number of amides is 1. The monoisotopic (exact) mass is 595 g/mol. The van der Waals surface area contributed by atoms with Crippen LogP contribution in [0.15, 0.2) is 59.5 Å². The Labute approximate surface area is 237 Å². The van der Waals surface area contributed by atoms with E-state index in [0.717, 1.165) is 14.8 Å². The fourth-order valence-electron chi connectivity index (χ4n) is 5.58. The number of aliphatic hydroxyl groups is 1. The molecule has 222 valence electrons. The average Bonchev–Trinajstić information content (AvgIpc) is 3.18. The van der Waals surface area contributed by atoms with E-state index in [1.807, 2.05) is 19.9 Å². The highest BCUT2D eigenvalue weighted by atomic mass is 32.2. The summed E-state index contributed by atoms with van der Waals surface area (Å²) in [4.78, 5) is 13.9. The van der Waals surface area contributed by atoms with Crippen LogP contribution in [0.4, 0.5) is 10.5 Å². The lowest BCUT2D eigenvalue weighted by Crippen LogP contribution is -2.58. The second kappa shape index (κ2) is 12.9. The van der Waals surface area contributed by atoms with E-state index in [-0.39, 0.29) is 48.4 Å². The largest absolute Gasteiger partial charge is 0.465 e. The molecule has 0 radical (unpaired) electrons. The third-order valence-corrected chi connectivity index (χ3v) is 11.6. The number of anilines is 1. The number of sulfone groups is 1. The summed E-state index contributed by atoms with van der Waals surface area (Å²) in [7, 11) is -7.62. The van der Waals surface area contributed by atoms with Gasteiger partial charge in [0.05, 0.1) is 34.1 Å². The van der Waals surface area contributed by atoms with E-state index in [1.165, 1.54) is 24.3 Å². The topological polar surface area (TPSA) is 158 Å². The van der Waals surface area contributed by atoms with Crippen LogP contribution in [0.3, 0.4) is 0 Å². The van der Waals surface area contributed by atoms with Crippen LogP contribution in [0, 0.1) is 11.8 Å². The molecule has 1 aliphatic rings. The summed E-state index contributed by atoms with van der Waals surface area (Å²) in [5, 5.41) is 21.2. The number of benzene rings is 2. The molecule has 1 fully saturated rings. The van der Waals surface area contributed by atoms with Crippen molar-refractivity contribution in [2.75, 3.05) is 24.6 Å². The molecule has 0 aliphatic carbocycles. The maximum absolute atomic E-state index is 13.6. The summed E-state index contributed by atoms with van der Waals surface area (Å²) in [6.07, 6.45) is -2.62. The van der Waals surface area contributed by atoms with E-state index in [0.29, 0.717) is 5.69 Å². The SMILES string of the molecule is CC(C)CN(C[C@@H](O)[C@H](Cc1ccccc1)N(C(=O)O)[C@@H]1CCS(=O)(=O)[C@@H]1C(C)C)S(=O)(=O)c1ccc(N)cc1. The molecule has 0 spiro atoms. The number of carbonyl (C=O) groups is 1. The second-order valence-corrected chi connectivity index (χ2v) is 15.4. The summed E-state index contributed by atoms with van der Waals surface area (Å²) in [6.45, 7) is 6.89. The summed E-state index contributed by atoms with van der Waals surface area (Å²) in [5.74, 6) is -0.593. The standard InChI is InChI=1S/C28H41N3O7S2/c1-19(2)17-30(40(37,38)23-12-10-22(29)11-13-23)18-26(32)25(16-21-8-6-5-7-9-21)31(28(33)34)24-14-15-39(35,36)27(24)20(3)4/h5-13,19-20,24-27,32H,14-18,29H2,1-4H3,(H,33,34)/t24-,25+,26-,27-/m1/s1. The van der Waals surface area contributed by atoms with E-state index in [4.69, 9.17) is 5.73 Å². The average molecular weight is 596 g/mol. The lowest BCUT2D eigenvalue weighted by Gasteiger charge is -2.41. The van der Waals surface area contributed by atoms with Crippen molar-refractivity contribution in [2.45, 2.75) is 68.9 Å². The van der Waals surface area contributed by atoms with Crippen LogP contribution >= 0.6 is 0 Å². The quantitative estimate of drug-likeness (QED) is 0.316. The van der Waals surface area contributed by atoms with Crippen LogP contribution in [-0.2, 0) is 26.3 Å². The fraction of sp³-hybridized carbons (Fsp3) is 0.536. The highest BCUT2D eigenvalue weighted by Crippen LogP contribution is 2.34. The summed E-state index contributed by atoms with van der Waals surface area (Å²) in [5.41, 5.74) is 6.88. The van der Waals surface area contributed by atoms with Crippen LogP contribution in [0.2, 0.25) is 0 Å². The summed E-state index contributed by atoms with van der Waals surface area (Å²) >= 11 is 0. The zero-order chi connectivity index (χ0) is 29.8. The first-order valence-electron chi connectivity index (χ1n) is 13.5. The van der Waals surface area contributed by atoms with Crippen LogP contribution < -0.4 is 5.73 Å². The minimum atomic E-state index is -4.07. The third kappa shape index (κ3) is 7.34. The minimum absolute atomic E-state index is 0.00556. The third-order valence-electron chi connectivity index (χ3n) is 7.29. The van der Waals surface area contributed by atoms with Gasteiger partial charge >= 0.3 is 6.09 Å². The first-order chi connectivity index (χ1) is 18.6. The van der Waals surface area contributed by atoms with E-state index in [2.05, 4.69) is 0 Å². The van der Waals surface area contributed by atoms with Gasteiger partial charge in [-0.3, -0.25) is 4.90 Å². The van der Waals surface area contributed by atoms with Gasteiger partial charge in [0, 0.05) is 18.8 Å². The van der Waals surface area contributed by atoms with Gasteiger partial charge < -0.3 is 15.9 Å². The van der Waals surface area contributed by atoms with Gasteiger partial charge in [0.1, 0.15) is 0 Å². The van der Waals surface area contributed by atoms with Crippen LogP contribution in [0.25, 0.3) is 0 Å². The Hall–Kier alpha value is -2.67. The van der Waals surface area contributed by atoms with Gasteiger partial charge in [-0.1, -0.05) is 58.0 Å². The van der Waals surface area contributed by atoms with Gasteiger partial charge in [-0.15, -0.1) is 0 Å². The molecule has 1 amide bonds. The highest BCUT2D eigenvalue weighted by Gasteiger charge is 2.49. The van der Waals surface area contributed by atoms with Crippen LogP contribution in [0.5, 0.6) is 0 Å². The molecule has 0 saturated carbocycles. The van der Waals surface area contributed by atoms with Gasteiger partial charge in [0.2, 0.25) is 10.0 Å². The molecule has 1 heterocycles. The molecule has 1 aliphatic heterocycles. The molecule has 4 N–H and O–H groups in total. The van der Waals surface area contributed by atoms with E-state index in [1.54, 1.807) is 38.1 Å².